The Morgan fingerprint density at radius 3 is 2.94 bits per heavy atom. The van der Waals surface area contributed by atoms with Crippen molar-refractivity contribution in [2.45, 2.75) is 18.4 Å². The van der Waals surface area contributed by atoms with Crippen molar-refractivity contribution in [2.75, 3.05) is 5.32 Å². The number of benzene rings is 1. The van der Waals surface area contributed by atoms with Crippen LogP contribution in [0.2, 0.25) is 0 Å². The number of anilines is 1. The quantitative estimate of drug-likeness (QED) is 0.820. The largest absolute Gasteiger partial charge is 0.324 e. The first-order valence-corrected chi connectivity index (χ1v) is 5.62. The molecule has 2 aromatic rings. The van der Waals surface area contributed by atoms with Crippen molar-refractivity contribution >= 4 is 22.4 Å². The summed E-state index contributed by atoms with van der Waals surface area (Å²) in [7, 11) is 0. The zero-order chi connectivity index (χ0) is 11.9. The first kappa shape index (κ1) is 10.2. The van der Waals surface area contributed by atoms with Gasteiger partial charge in [0.15, 0.2) is 0 Å². The van der Waals surface area contributed by atoms with Crippen molar-refractivity contribution in [1.29, 1.82) is 0 Å². The first-order valence-electron chi connectivity index (χ1n) is 5.62. The molecule has 1 saturated carbocycles. The lowest BCUT2D eigenvalue weighted by atomic mass is 10.1. The molecule has 0 spiro atoms. The zero-order valence-corrected chi connectivity index (χ0v) is 9.31. The number of carbonyl (C=O) groups excluding carboxylic acids is 1. The second-order valence-electron chi connectivity index (χ2n) is 4.51. The molecule has 4 heteroatoms. The lowest BCUT2D eigenvalue weighted by Gasteiger charge is -2.11. The minimum atomic E-state index is -0.648. The number of rotatable bonds is 2. The van der Waals surface area contributed by atoms with Gasteiger partial charge in [-0.25, -0.2) is 0 Å². The number of hydrogen-bond acceptors (Lipinski definition) is 3. The third-order valence-electron chi connectivity index (χ3n) is 3.17. The number of nitrogens with zero attached hydrogens (tertiary/aromatic N) is 1. The Morgan fingerprint density at radius 2 is 2.18 bits per heavy atom. The van der Waals surface area contributed by atoms with Gasteiger partial charge < -0.3 is 11.1 Å². The number of fused-ring (bicyclic) bond motifs is 1. The molecule has 0 atom stereocenters. The van der Waals surface area contributed by atoms with Crippen LogP contribution in [0.15, 0.2) is 36.7 Å². The van der Waals surface area contributed by atoms with Gasteiger partial charge in [0.25, 0.3) is 0 Å². The molecule has 0 unspecified atom stereocenters. The van der Waals surface area contributed by atoms with E-state index in [0.717, 1.165) is 29.3 Å². The topological polar surface area (TPSA) is 68.0 Å². The van der Waals surface area contributed by atoms with E-state index in [-0.39, 0.29) is 5.91 Å². The average molecular weight is 227 g/mol. The van der Waals surface area contributed by atoms with Crippen molar-refractivity contribution in [3.8, 4) is 0 Å². The van der Waals surface area contributed by atoms with E-state index in [1.807, 2.05) is 24.3 Å². The number of hydrogen-bond donors (Lipinski definition) is 2. The average Bonchev–Trinajstić information content (AvgIpc) is 3.09. The highest BCUT2D eigenvalue weighted by Gasteiger charge is 2.46. The van der Waals surface area contributed by atoms with Gasteiger partial charge in [-0.1, -0.05) is 12.1 Å². The molecule has 4 nitrogen and oxygen atoms in total. The standard InChI is InChI=1S/C13H13N3O/c14-13(5-6-13)12(17)16-11-3-1-2-9-4-7-15-8-10(9)11/h1-4,7-8H,5-6,14H2,(H,16,17). The summed E-state index contributed by atoms with van der Waals surface area (Å²) < 4.78 is 0. The third-order valence-corrected chi connectivity index (χ3v) is 3.17. The van der Waals surface area contributed by atoms with Crippen LogP contribution in [0.1, 0.15) is 12.8 Å². The van der Waals surface area contributed by atoms with Crippen molar-refractivity contribution in [3.05, 3.63) is 36.7 Å². The van der Waals surface area contributed by atoms with E-state index in [9.17, 15) is 4.79 Å². The number of nitrogens with two attached hydrogens (primary N) is 1. The van der Waals surface area contributed by atoms with Crippen molar-refractivity contribution in [3.63, 3.8) is 0 Å². The Hall–Kier alpha value is -1.94. The van der Waals surface area contributed by atoms with Gasteiger partial charge in [-0.3, -0.25) is 9.78 Å². The molecule has 1 aliphatic rings. The Labute approximate surface area is 98.8 Å². The SMILES string of the molecule is NC1(C(=O)Nc2cccc3ccncc23)CC1. The van der Waals surface area contributed by atoms with Crippen LogP contribution in [-0.4, -0.2) is 16.4 Å². The second kappa shape index (κ2) is 3.53. The highest BCUT2D eigenvalue weighted by molar-refractivity contribution is 6.06. The van der Waals surface area contributed by atoms with Gasteiger partial charge in [0, 0.05) is 17.8 Å². The summed E-state index contributed by atoms with van der Waals surface area (Å²) in [5.41, 5.74) is 5.98. The lowest BCUT2D eigenvalue weighted by Crippen LogP contribution is -2.37. The molecule has 17 heavy (non-hydrogen) atoms. The van der Waals surface area contributed by atoms with Crippen LogP contribution >= 0.6 is 0 Å². The van der Waals surface area contributed by atoms with Crippen LogP contribution in [0.5, 0.6) is 0 Å². The Kier molecular flexibility index (Phi) is 2.12. The van der Waals surface area contributed by atoms with E-state index in [1.165, 1.54) is 0 Å². The normalized spacial score (nSPS) is 16.8. The van der Waals surface area contributed by atoms with Gasteiger partial charge in [0.1, 0.15) is 0 Å². The van der Waals surface area contributed by atoms with Crippen LogP contribution in [0.3, 0.4) is 0 Å². The fourth-order valence-corrected chi connectivity index (χ4v) is 1.83. The molecular weight excluding hydrogens is 214 g/mol. The van der Waals surface area contributed by atoms with Crippen LogP contribution < -0.4 is 11.1 Å². The fraction of sp³-hybridized carbons (Fsp3) is 0.231. The maximum atomic E-state index is 11.9. The number of pyridine rings is 1. The zero-order valence-electron chi connectivity index (χ0n) is 9.31. The van der Waals surface area contributed by atoms with Gasteiger partial charge in [-0.2, -0.15) is 0 Å². The highest BCUT2D eigenvalue weighted by atomic mass is 16.2. The summed E-state index contributed by atoms with van der Waals surface area (Å²) in [4.78, 5) is 16.0. The van der Waals surface area contributed by atoms with E-state index in [2.05, 4.69) is 10.3 Å². The van der Waals surface area contributed by atoms with E-state index in [1.54, 1.807) is 12.4 Å². The summed E-state index contributed by atoms with van der Waals surface area (Å²) in [6, 6.07) is 7.68. The molecule has 3 N–H and O–H groups in total. The van der Waals surface area contributed by atoms with Gasteiger partial charge in [-0.05, 0) is 30.4 Å². The Bertz CT molecular complexity index is 585. The van der Waals surface area contributed by atoms with Crippen LogP contribution in [0, 0.1) is 0 Å². The monoisotopic (exact) mass is 227 g/mol. The molecule has 3 rings (SSSR count). The summed E-state index contributed by atoms with van der Waals surface area (Å²) in [6.07, 6.45) is 5.02. The van der Waals surface area contributed by atoms with E-state index < -0.39 is 5.54 Å². The van der Waals surface area contributed by atoms with Crippen molar-refractivity contribution in [2.24, 2.45) is 5.73 Å². The van der Waals surface area contributed by atoms with Gasteiger partial charge >= 0.3 is 0 Å². The summed E-state index contributed by atoms with van der Waals surface area (Å²) in [6.45, 7) is 0. The molecule has 1 aliphatic carbocycles. The summed E-state index contributed by atoms with van der Waals surface area (Å²) in [5, 5.41) is 4.88. The lowest BCUT2D eigenvalue weighted by molar-refractivity contribution is -0.118. The van der Waals surface area contributed by atoms with Gasteiger partial charge in [0.05, 0.1) is 11.2 Å². The number of nitrogens with one attached hydrogen (secondary N) is 1. The minimum Gasteiger partial charge on any atom is -0.324 e. The van der Waals surface area contributed by atoms with E-state index >= 15 is 0 Å². The molecule has 0 saturated heterocycles. The van der Waals surface area contributed by atoms with E-state index in [0.29, 0.717) is 0 Å². The highest BCUT2D eigenvalue weighted by Crippen LogP contribution is 2.34. The molecule has 1 amide bonds. The smallest absolute Gasteiger partial charge is 0.244 e. The molecule has 1 heterocycles. The molecule has 0 radical (unpaired) electrons. The number of aromatic nitrogens is 1. The van der Waals surface area contributed by atoms with Gasteiger partial charge in [0.2, 0.25) is 5.91 Å². The van der Waals surface area contributed by atoms with Crippen LogP contribution in [0.4, 0.5) is 5.69 Å². The molecule has 1 aromatic heterocycles. The van der Waals surface area contributed by atoms with Crippen LogP contribution in [-0.2, 0) is 4.79 Å². The minimum absolute atomic E-state index is 0.103. The van der Waals surface area contributed by atoms with E-state index in [4.69, 9.17) is 5.73 Å². The predicted molar refractivity (Wildman–Crippen MR) is 66.5 cm³/mol. The van der Waals surface area contributed by atoms with Gasteiger partial charge in [-0.15, -0.1) is 0 Å². The second-order valence-corrected chi connectivity index (χ2v) is 4.51. The maximum Gasteiger partial charge on any atom is 0.244 e. The predicted octanol–water partition coefficient (Wildman–Crippen LogP) is 1.66. The molecule has 86 valence electrons. The molecule has 0 bridgehead atoms. The summed E-state index contributed by atoms with van der Waals surface area (Å²) >= 11 is 0. The fourth-order valence-electron chi connectivity index (χ4n) is 1.83. The number of carbonyl (C=O) groups is 1. The summed E-state index contributed by atoms with van der Waals surface area (Å²) in [5.74, 6) is -0.103. The Morgan fingerprint density at radius 1 is 1.35 bits per heavy atom. The van der Waals surface area contributed by atoms with Crippen LogP contribution in [0.25, 0.3) is 10.8 Å². The molecule has 1 aromatic carbocycles. The molecule has 0 aliphatic heterocycles. The van der Waals surface area contributed by atoms with Crippen molar-refractivity contribution in [1.82, 2.24) is 4.98 Å². The maximum absolute atomic E-state index is 11.9. The van der Waals surface area contributed by atoms with Crippen molar-refractivity contribution < 1.29 is 4.79 Å². The molecule has 1 fully saturated rings. The Balaban J connectivity index is 1.97. The third kappa shape index (κ3) is 1.76. The first-order chi connectivity index (χ1) is 8.19. The molecular formula is C13H13N3O. The number of amides is 1.